The van der Waals surface area contributed by atoms with Crippen LogP contribution in [0.15, 0.2) is 109 Å². The standard InChI is InChI=1S/C34H35N3O2/c1-3-9-29(10-4-1)25-38-31-17-15-27(16-18-31)23-36-21-19-28(20-22-36)24-37-33-14-8-7-13-32(33)35-34(37)26-39-30-11-5-2-6-12-30/h1-18,28H,19-26H2. The van der Waals surface area contributed by atoms with E-state index in [4.69, 9.17) is 14.5 Å². The smallest absolute Gasteiger partial charge is 0.148 e. The van der Waals surface area contributed by atoms with E-state index in [-0.39, 0.29) is 0 Å². The van der Waals surface area contributed by atoms with Crippen molar-refractivity contribution in [2.24, 2.45) is 5.92 Å². The van der Waals surface area contributed by atoms with Crippen LogP contribution in [0.25, 0.3) is 11.0 Å². The number of ether oxygens (including phenoxy) is 2. The highest BCUT2D eigenvalue weighted by Gasteiger charge is 2.22. The minimum absolute atomic E-state index is 0.475. The summed E-state index contributed by atoms with van der Waals surface area (Å²) in [6.45, 7) is 5.26. The molecule has 5 aromatic rings. The molecule has 0 saturated carbocycles. The van der Waals surface area contributed by atoms with Crippen molar-refractivity contribution in [1.82, 2.24) is 14.5 Å². The Morgan fingerprint density at radius 1 is 0.641 bits per heavy atom. The lowest BCUT2D eigenvalue weighted by Gasteiger charge is -2.32. The lowest BCUT2D eigenvalue weighted by Crippen LogP contribution is -2.34. The van der Waals surface area contributed by atoms with Gasteiger partial charge >= 0.3 is 0 Å². The predicted octanol–water partition coefficient (Wildman–Crippen LogP) is 7.11. The summed E-state index contributed by atoms with van der Waals surface area (Å²) < 4.78 is 14.4. The van der Waals surface area contributed by atoms with Crippen molar-refractivity contribution in [3.8, 4) is 11.5 Å². The normalized spacial score (nSPS) is 14.5. The van der Waals surface area contributed by atoms with Crippen molar-refractivity contribution in [3.05, 3.63) is 126 Å². The molecule has 1 aliphatic rings. The molecule has 2 heterocycles. The minimum Gasteiger partial charge on any atom is -0.489 e. The molecule has 0 unspecified atom stereocenters. The molecule has 1 aliphatic heterocycles. The molecule has 0 aliphatic carbocycles. The van der Waals surface area contributed by atoms with Gasteiger partial charge in [0.2, 0.25) is 0 Å². The van der Waals surface area contributed by atoms with Gasteiger partial charge in [0.25, 0.3) is 0 Å². The summed E-state index contributed by atoms with van der Waals surface area (Å²) in [5, 5.41) is 0. The first kappa shape index (κ1) is 25.2. The molecule has 0 spiro atoms. The Balaban J connectivity index is 1.03. The number of likely N-dealkylation sites (tertiary alicyclic amines) is 1. The van der Waals surface area contributed by atoms with Crippen LogP contribution in [0.2, 0.25) is 0 Å². The summed E-state index contributed by atoms with van der Waals surface area (Å²) in [4.78, 5) is 7.49. The number of hydrogen-bond acceptors (Lipinski definition) is 4. The molecule has 1 aromatic heterocycles. The van der Waals surface area contributed by atoms with Crippen molar-refractivity contribution in [2.45, 2.75) is 39.1 Å². The van der Waals surface area contributed by atoms with Crippen LogP contribution >= 0.6 is 0 Å². The lowest BCUT2D eigenvalue weighted by molar-refractivity contribution is 0.166. The predicted molar refractivity (Wildman–Crippen MR) is 156 cm³/mol. The van der Waals surface area contributed by atoms with Gasteiger partial charge in [-0.2, -0.15) is 0 Å². The van der Waals surface area contributed by atoms with E-state index in [9.17, 15) is 0 Å². The summed E-state index contributed by atoms with van der Waals surface area (Å²) >= 11 is 0. The summed E-state index contributed by atoms with van der Waals surface area (Å²) in [5.41, 5.74) is 4.75. The van der Waals surface area contributed by atoms with Crippen LogP contribution in [0.5, 0.6) is 11.5 Å². The highest BCUT2D eigenvalue weighted by atomic mass is 16.5. The first-order valence-electron chi connectivity index (χ1n) is 13.9. The minimum atomic E-state index is 0.475. The Morgan fingerprint density at radius 2 is 1.28 bits per heavy atom. The van der Waals surface area contributed by atoms with E-state index in [2.05, 4.69) is 70.1 Å². The Morgan fingerprint density at radius 3 is 2.05 bits per heavy atom. The van der Waals surface area contributed by atoms with E-state index in [1.165, 1.54) is 29.5 Å². The first-order valence-corrected chi connectivity index (χ1v) is 13.9. The number of piperidine rings is 1. The van der Waals surface area contributed by atoms with Crippen LogP contribution in [0.4, 0.5) is 0 Å². The van der Waals surface area contributed by atoms with E-state index in [1.54, 1.807) is 0 Å². The summed E-state index contributed by atoms with van der Waals surface area (Å²) in [6.07, 6.45) is 2.37. The summed E-state index contributed by atoms with van der Waals surface area (Å²) in [6, 6.07) is 37.3. The van der Waals surface area contributed by atoms with Crippen LogP contribution in [0.3, 0.4) is 0 Å². The number of benzene rings is 4. The number of hydrogen-bond donors (Lipinski definition) is 0. The third kappa shape index (κ3) is 6.50. The van der Waals surface area contributed by atoms with Gasteiger partial charge in [0.1, 0.15) is 30.5 Å². The summed E-state index contributed by atoms with van der Waals surface area (Å²) in [5.74, 6) is 3.42. The van der Waals surface area contributed by atoms with Crippen molar-refractivity contribution in [2.75, 3.05) is 13.1 Å². The zero-order chi connectivity index (χ0) is 26.3. The molecule has 6 rings (SSSR count). The van der Waals surface area contributed by atoms with Gasteiger partial charge in [0, 0.05) is 13.1 Å². The van der Waals surface area contributed by atoms with Gasteiger partial charge in [0.15, 0.2) is 0 Å². The van der Waals surface area contributed by atoms with Gasteiger partial charge in [-0.3, -0.25) is 4.90 Å². The Labute approximate surface area is 230 Å². The van der Waals surface area contributed by atoms with Gasteiger partial charge in [-0.1, -0.05) is 72.8 Å². The number of para-hydroxylation sites is 3. The molecule has 0 atom stereocenters. The number of fused-ring (bicyclic) bond motifs is 1. The number of nitrogens with zero attached hydrogens (tertiary/aromatic N) is 3. The second-order valence-electron chi connectivity index (χ2n) is 10.4. The fourth-order valence-corrected chi connectivity index (χ4v) is 5.38. The molecule has 0 radical (unpaired) electrons. The zero-order valence-electron chi connectivity index (χ0n) is 22.3. The van der Waals surface area contributed by atoms with Crippen molar-refractivity contribution in [3.63, 3.8) is 0 Å². The number of imidazole rings is 1. The molecule has 0 bridgehead atoms. The fourth-order valence-electron chi connectivity index (χ4n) is 5.38. The van der Waals surface area contributed by atoms with Gasteiger partial charge in [-0.15, -0.1) is 0 Å². The fraction of sp³-hybridized carbons (Fsp3) is 0.265. The quantitative estimate of drug-likeness (QED) is 0.198. The summed E-state index contributed by atoms with van der Waals surface area (Å²) in [7, 11) is 0. The molecule has 198 valence electrons. The van der Waals surface area contributed by atoms with E-state index >= 15 is 0 Å². The number of aromatic nitrogens is 2. The molecule has 4 aromatic carbocycles. The molecular formula is C34H35N3O2. The average molecular weight is 518 g/mol. The third-order valence-electron chi connectivity index (χ3n) is 7.57. The lowest BCUT2D eigenvalue weighted by atomic mass is 9.96. The van der Waals surface area contributed by atoms with Gasteiger partial charge in [0.05, 0.1) is 11.0 Å². The molecule has 5 nitrogen and oxygen atoms in total. The molecule has 0 amide bonds. The first-order chi connectivity index (χ1) is 19.3. The van der Waals surface area contributed by atoms with Gasteiger partial charge in [-0.25, -0.2) is 4.98 Å². The Kier molecular flexibility index (Phi) is 7.87. The van der Waals surface area contributed by atoms with Crippen LogP contribution in [-0.4, -0.2) is 27.5 Å². The van der Waals surface area contributed by atoms with Crippen LogP contribution < -0.4 is 9.47 Å². The highest BCUT2D eigenvalue weighted by Crippen LogP contribution is 2.26. The van der Waals surface area contributed by atoms with E-state index in [0.717, 1.165) is 49.0 Å². The second kappa shape index (κ2) is 12.2. The van der Waals surface area contributed by atoms with Crippen molar-refractivity contribution >= 4 is 11.0 Å². The highest BCUT2D eigenvalue weighted by molar-refractivity contribution is 5.75. The molecule has 5 heteroatoms. The van der Waals surface area contributed by atoms with E-state index < -0.39 is 0 Å². The Bertz CT molecular complexity index is 1460. The second-order valence-corrected chi connectivity index (χ2v) is 10.4. The molecular weight excluding hydrogens is 482 g/mol. The maximum absolute atomic E-state index is 6.08. The maximum atomic E-state index is 6.08. The largest absolute Gasteiger partial charge is 0.489 e. The molecule has 1 fully saturated rings. The molecule has 0 N–H and O–H groups in total. The van der Waals surface area contributed by atoms with Crippen molar-refractivity contribution in [1.29, 1.82) is 0 Å². The average Bonchev–Trinajstić information content (AvgIpc) is 3.35. The van der Waals surface area contributed by atoms with E-state index in [0.29, 0.717) is 19.1 Å². The molecule has 39 heavy (non-hydrogen) atoms. The monoisotopic (exact) mass is 517 g/mol. The zero-order valence-corrected chi connectivity index (χ0v) is 22.3. The van der Waals surface area contributed by atoms with Crippen LogP contribution in [0.1, 0.15) is 29.8 Å². The number of rotatable bonds is 10. The van der Waals surface area contributed by atoms with E-state index in [1.807, 2.05) is 48.5 Å². The topological polar surface area (TPSA) is 39.5 Å². The Hall–Kier alpha value is -4.09. The SMILES string of the molecule is c1ccc(COc2ccc(CN3CCC(Cn4c(COc5ccccc5)nc5ccccc54)CC3)cc2)cc1. The molecule has 1 saturated heterocycles. The maximum Gasteiger partial charge on any atom is 0.148 e. The van der Waals surface area contributed by atoms with Crippen LogP contribution in [0, 0.1) is 5.92 Å². The van der Waals surface area contributed by atoms with Crippen molar-refractivity contribution < 1.29 is 9.47 Å². The third-order valence-corrected chi connectivity index (χ3v) is 7.57. The van der Waals surface area contributed by atoms with Crippen LogP contribution in [-0.2, 0) is 26.3 Å². The van der Waals surface area contributed by atoms with Gasteiger partial charge in [-0.05, 0) is 79.4 Å². The van der Waals surface area contributed by atoms with Gasteiger partial charge < -0.3 is 14.0 Å².